The summed E-state index contributed by atoms with van der Waals surface area (Å²) in [5.41, 5.74) is 5.75. The molecule has 8 nitrogen and oxygen atoms in total. The molecule has 2 aromatic carbocycles. The summed E-state index contributed by atoms with van der Waals surface area (Å²) in [5.74, 6) is 2.52. The molecular weight excluding hydrogens is 480 g/mol. The van der Waals surface area contributed by atoms with E-state index in [0.717, 1.165) is 51.7 Å². The first-order chi connectivity index (χ1) is 18.7. The van der Waals surface area contributed by atoms with Crippen LogP contribution in [0.4, 0.5) is 11.4 Å². The lowest BCUT2D eigenvalue weighted by Gasteiger charge is -2.35. The van der Waals surface area contributed by atoms with Gasteiger partial charge < -0.3 is 29.4 Å². The first-order valence-corrected chi connectivity index (χ1v) is 13.0. The Morgan fingerprint density at radius 3 is 2.97 bits per heavy atom. The highest BCUT2D eigenvalue weighted by Gasteiger charge is 2.29. The maximum absolute atomic E-state index is 12.4. The lowest BCUT2D eigenvalue weighted by atomic mass is 9.95. The van der Waals surface area contributed by atoms with Gasteiger partial charge in [0.2, 0.25) is 0 Å². The predicted molar refractivity (Wildman–Crippen MR) is 146 cm³/mol. The highest BCUT2D eigenvalue weighted by atomic mass is 16.5. The number of nitrogens with zero attached hydrogens (tertiary/aromatic N) is 2. The summed E-state index contributed by atoms with van der Waals surface area (Å²) >= 11 is 0. The number of hydrogen-bond acceptors (Lipinski definition) is 7. The van der Waals surface area contributed by atoms with Crippen molar-refractivity contribution in [3.05, 3.63) is 106 Å². The van der Waals surface area contributed by atoms with Gasteiger partial charge in [-0.1, -0.05) is 18.2 Å². The highest BCUT2D eigenvalue weighted by Crippen LogP contribution is 2.43. The van der Waals surface area contributed by atoms with Gasteiger partial charge in [-0.15, -0.1) is 0 Å². The highest BCUT2D eigenvalue weighted by molar-refractivity contribution is 5.59. The molecule has 6 rings (SSSR count). The van der Waals surface area contributed by atoms with Crippen molar-refractivity contribution in [3.8, 4) is 17.2 Å². The van der Waals surface area contributed by atoms with Gasteiger partial charge in [-0.2, -0.15) is 0 Å². The summed E-state index contributed by atoms with van der Waals surface area (Å²) in [6, 6.07) is 19.9. The number of benzene rings is 2. The zero-order chi connectivity index (χ0) is 25.9. The van der Waals surface area contributed by atoms with E-state index in [0.29, 0.717) is 38.5 Å². The fourth-order valence-electron chi connectivity index (χ4n) is 5.08. The lowest BCUT2D eigenvalue weighted by molar-refractivity contribution is 0.0383. The molecule has 2 aromatic heterocycles. The third kappa shape index (κ3) is 4.95. The van der Waals surface area contributed by atoms with Gasteiger partial charge in [-0.25, -0.2) is 0 Å². The van der Waals surface area contributed by atoms with Gasteiger partial charge in [0, 0.05) is 54.8 Å². The van der Waals surface area contributed by atoms with E-state index in [1.54, 1.807) is 12.4 Å². The second kappa shape index (κ2) is 10.6. The van der Waals surface area contributed by atoms with Gasteiger partial charge in [0.1, 0.15) is 29.0 Å². The Hall–Kier alpha value is -4.30. The number of para-hydroxylation sites is 1. The Morgan fingerprint density at radius 2 is 2.08 bits per heavy atom. The number of morpholine rings is 1. The van der Waals surface area contributed by atoms with Crippen LogP contribution < -0.4 is 25.2 Å². The fourth-order valence-corrected chi connectivity index (χ4v) is 5.08. The molecule has 0 radical (unpaired) electrons. The zero-order valence-corrected chi connectivity index (χ0v) is 21.3. The molecule has 8 heteroatoms. The number of anilines is 2. The van der Waals surface area contributed by atoms with Crippen molar-refractivity contribution in [2.75, 3.05) is 36.5 Å². The monoisotopic (exact) mass is 510 g/mol. The first-order valence-electron chi connectivity index (χ1n) is 13.0. The summed E-state index contributed by atoms with van der Waals surface area (Å²) in [6.07, 6.45) is 3.99. The lowest BCUT2D eigenvalue weighted by Crippen LogP contribution is -2.41. The van der Waals surface area contributed by atoms with Crippen LogP contribution >= 0.6 is 0 Å². The van der Waals surface area contributed by atoms with Crippen LogP contribution in [-0.4, -0.2) is 36.3 Å². The zero-order valence-electron chi connectivity index (χ0n) is 21.3. The van der Waals surface area contributed by atoms with Gasteiger partial charge in [0.05, 0.1) is 25.5 Å². The Balaban J connectivity index is 1.18. The smallest absolute Gasteiger partial charge is 0.271 e. The summed E-state index contributed by atoms with van der Waals surface area (Å²) < 4.78 is 18.2. The van der Waals surface area contributed by atoms with Crippen LogP contribution in [0.5, 0.6) is 17.2 Å². The van der Waals surface area contributed by atoms with E-state index in [-0.39, 0.29) is 11.7 Å². The number of fused-ring (bicyclic) bond motifs is 2. The van der Waals surface area contributed by atoms with E-state index in [9.17, 15) is 4.79 Å². The maximum Gasteiger partial charge on any atom is 0.271 e. The SMILES string of the molecule is CCOc1ccnc(CNc2ccc3c(c2)Cc2cccc(C4CN(c5ccc[nH]c5=O)CCO4)c2O3)c1. The molecule has 1 fully saturated rings. The molecule has 0 amide bonds. The number of rotatable bonds is 7. The van der Waals surface area contributed by atoms with Gasteiger partial charge in [-0.3, -0.25) is 9.78 Å². The molecule has 2 aliphatic rings. The fraction of sp³-hybridized carbons (Fsp3) is 0.267. The third-order valence-corrected chi connectivity index (χ3v) is 6.90. The Labute approximate surface area is 221 Å². The molecule has 1 unspecified atom stereocenters. The van der Waals surface area contributed by atoms with Crippen LogP contribution in [0.3, 0.4) is 0 Å². The molecule has 0 spiro atoms. The molecule has 0 aliphatic carbocycles. The molecule has 1 atom stereocenters. The molecule has 38 heavy (non-hydrogen) atoms. The second-order valence-electron chi connectivity index (χ2n) is 9.40. The molecule has 2 N–H and O–H groups in total. The molecular formula is C30H30N4O4. The Bertz CT molecular complexity index is 1500. The topological polar surface area (TPSA) is 88.7 Å². The number of pyridine rings is 2. The van der Waals surface area contributed by atoms with Crippen molar-refractivity contribution in [3.63, 3.8) is 0 Å². The Kier molecular flexibility index (Phi) is 6.71. The van der Waals surface area contributed by atoms with Crippen LogP contribution in [0, 0.1) is 0 Å². The largest absolute Gasteiger partial charge is 0.494 e. The summed E-state index contributed by atoms with van der Waals surface area (Å²) in [6.45, 7) is 4.99. The van der Waals surface area contributed by atoms with Crippen molar-refractivity contribution in [2.24, 2.45) is 0 Å². The molecule has 0 saturated carbocycles. The molecule has 2 aliphatic heterocycles. The quantitative estimate of drug-likeness (QED) is 0.317. The number of ether oxygens (including phenoxy) is 3. The predicted octanol–water partition coefficient (Wildman–Crippen LogP) is 5.06. The number of nitrogens with one attached hydrogen (secondary N) is 2. The third-order valence-electron chi connectivity index (χ3n) is 6.90. The van der Waals surface area contributed by atoms with Gasteiger partial charge in [-0.05, 0) is 48.9 Å². The van der Waals surface area contributed by atoms with E-state index in [2.05, 4.69) is 44.5 Å². The Morgan fingerprint density at radius 1 is 1.13 bits per heavy atom. The van der Waals surface area contributed by atoms with E-state index >= 15 is 0 Å². The number of aromatic nitrogens is 2. The van der Waals surface area contributed by atoms with Crippen molar-refractivity contribution in [1.29, 1.82) is 0 Å². The van der Waals surface area contributed by atoms with Crippen molar-refractivity contribution in [2.45, 2.75) is 26.0 Å². The van der Waals surface area contributed by atoms with Gasteiger partial charge in [0.15, 0.2) is 0 Å². The van der Waals surface area contributed by atoms with Crippen molar-refractivity contribution in [1.82, 2.24) is 9.97 Å². The average molecular weight is 511 g/mol. The normalized spacial score (nSPS) is 16.2. The molecule has 194 valence electrons. The van der Waals surface area contributed by atoms with Crippen LogP contribution in [0.1, 0.15) is 35.4 Å². The molecule has 1 saturated heterocycles. The van der Waals surface area contributed by atoms with E-state index in [1.807, 2.05) is 43.3 Å². The maximum atomic E-state index is 12.4. The minimum Gasteiger partial charge on any atom is -0.494 e. The van der Waals surface area contributed by atoms with Crippen LogP contribution in [0.15, 0.2) is 77.9 Å². The minimum atomic E-state index is -0.194. The first kappa shape index (κ1) is 24.1. The summed E-state index contributed by atoms with van der Waals surface area (Å²) in [5, 5.41) is 3.47. The minimum absolute atomic E-state index is 0.0874. The number of hydrogen-bond donors (Lipinski definition) is 2. The number of H-pyrrole nitrogens is 1. The van der Waals surface area contributed by atoms with Crippen LogP contribution in [0.2, 0.25) is 0 Å². The van der Waals surface area contributed by atoms with E-state index < -0.39 is 0 Å². The van der Waals surface area contributed by atoms with E-state index in [4.69, 9.17) is 14.2 Å². The summed E-state index contributed by atoms with van der Waals surface area (Å²) in [4.78, 5) is 21.6. The average Bonchev–Trinajstić information content (AvgIpc) is 2.95. The van der Waals surface area contributed by atoms with Crippen LogP contribution in [-0.2, 0) is 17.7 Å². The molecule has 0 bridgehead atoms. The number of aromatic amines is 1. The van der Waals surface area contributed by atoms with E-state index in [1.165, 1.54) is 0 Å². The van der Waals surface area contributed by atoms with Crippen molar-refractivity contribution >= 4 is 11.4 Å². The standard InChI is InChI=1S/C30H30N4O4/c1-2-36-24-10-12-31-23(17-24)18-33-22-8-9-27-21(16-22)15-20-5-3-6-25(29(20)38-27)28-19-34(13-14-37-28)26-7-4-11-32-30(26)35/h3-12,16-17,28,33H,2,13-15,18-19H2,1H3,(H,32,35). The second-order valence-corrected chi connectivity index (χ2v) is 9.40. The van der Waals surface area contributed by atoms with Crippen LogP contribution in [0.25, 0.3) is 0 Å². The molecule has 4 heterocycles. The van der Waals surface area contributed by atoms with Gasteiger partial charge >= 0.3 is 0 Å². The van der Waals surface area contributed by atoms with Gasteiger partial charge in [0.25, 0.3) is 5.56 Å². The summed E-state index contributed by atoms with van der Waals surface area (Å²) in [7, 11) is 0. The van der Waals surface area contributed by atoms with Crippen molar-refractivity contribution < 1.29 is 14.2 Å². The molecule has 4 aromatic rings.